The van der Waals surface area contributed by atoms with E-state index < -0.39 is 5.82 Å². The molecule has 0 spiro atoms. The van der Waals surface area contributed by atoms with Crippen molar-refractivity contribution in [3.05, 3.63) is 69.8 Å². The van der Waals surface area contributed by atoms with E-state index in [2.05, 4.69) is 0 Å². The van der Waals surface area contributed by atoms with E-state index in [1.165, 1.54) is 40.9 Å². The van der Waals surface area contributed by atoms with Crippen LogP contribution in [0.2, 0.25) is 5.02 Å². The lowest BCUT2D eigenvalue weighted by molar-refractivity contribution is -0.137. The van der Waals surface area contributed by atoms with Crippen LogP contribution in [0.15, 0.2) is 58.3 Å². The third-order valence-corrected chi connectivity index (χ3v) is 5.18. The molecule has 0 aliphatic carbocycles. The molecule has 1 aliphatic rings. The molecule has 2 amide bonds. The number of halogens is 2. The predicted octanol–water partition coefficient (Wildman–Crippen LogP) is 5.01. The first-order valence-corrected chi connectivity index (χ1v) is 9.36. The highest BCUT2D eigenvalue weighted by molar-refractivity contribution is 8.04. The molecule has 3 nitrogen and oxygen atoms in total. The van der Waals surface area contributed by atoms with Crippen molar-refractivity contribution in [2.45, 2.75) is 18.7 Å². The van der Waals surface area contributed by atoms with Crippen molar-refractivity contribution in [3.63, 3.8) is 0 Å². The Morgan fingerprint density at radius 3 is 2.19 bits per heavy atom. The molecule has 0 N–H and O–H groups in total. The van der Waals surface area contributed by atoms with Crippen molar-refractivity contribution in [2.75, 3.05) is 6.54 Å². The molecule has 134 valence electrons. The van der Waals surface area contributed by atoms with E-state index in [1.807, 2.05) is 13.8 Å². The summed E-state index contributed by atoms with van der Waals surface area (Å²) in [5, 5.41) is 0.595. The molecule has 0 bridgehead atoms. The second-order valence-corrected chi connectivity index (χ2v) is 7.90. The van der Waals surface area contributed by atoms with Crippen molar-refractivity contribution in [2.24, 2.45) is 5.92 Å². The van der Waals surface area contributed by atoms with E-state index >= 15 is 0 Å². The number of thioether (sulfide) groups is 1. The fourth-order valence-electron chi connectivity index (χ4n) is 2.67. The predicted molar refractivity (Wildman–Crippen MR) is 102 cm³/mol. The van der Waals surface area contributed by atoms with Crippen LogP contribution in [-0.4, -0.2) is 23.3 Å². The Kier molecular flexibility index (Phi) is 5.49. The van der Waals surface area contributed by atoms with E-state index in [0.29, 0.717) is 27.6 Å². The summed E-state index contributed by atoms with van der Waals surface area (Å²) in [6.07, 6.45) is 0. The molecule has 0 saturated carbocycles. The molecule has 1 aliphatic heterocycles. The van der Waals surface area contributed by atoms with Crippen LogP contribution in [-0.2, 0) is 9.59 Å². The van der Waals surface area contributed by atoms with Crippen molar-refractivity contribution in [1.29, 1.82) is 0 Å². The molecule has 0 atom stereocenters. The number of benzene rings is 2. The SMILES string of the molecule is CC(C)CN1C(=O)C(Sc2ccc(Cl)cc2)=C(c2ccc(F)cc2)C1=O. The fourth-order valence-corrected chi connectivity index (χ4v) is 3.81. The van der Waals surface area contributed by atoms with Crippen LogP contribution in [0.1, 0.15) is 19.4 Å². The van der Waals surface area contributed by atoms with Crippen molar-refractivity contribution < 1.29 is 14.0 Å². The number of nitrogens with zero attached hydrogens (tertiary/aromatic N) is 1. The van der Waals surface area contributed by atoms with Crippen molar-refractivity contribution >= 4 is 40.8 Å². The average Bonchev–Trinajstić information content (AvgIpc) is 2.82. The molecule has 0 saturated heterocycles. The van der Waals surface area contributed by atoms with Gasteiger partial charge in [0.05, 0.1) is 10.5 Å². The van der Waals surface area contributed by atoms with E-state index in [-0.39, 0.29) is 17.7 Å². The Morgan fingerprint density at radius 1 is 1.00 bits per heavy atom. The highest BCUT2D eigenvalue weighted by Gasteiger charge is 2.39. The molecule has 1 heterocycles. The van der Waals surface area contributed by atoms with E-state index in [4.69, 9.17) is 11.6 Å². The van der Waals surface area contributed by atoms with Gasteiger partial charge < -0.3 is 0 Å². The first kappa shape index (κ1) is 18.7. The first-order chi connectivity index (χ1) is 12.4. The van der Waals surface area contributed by atoms with E-state index in [1.54, 1.807) is 24.3 Å². The van der Waals surface area contributed by atoms with Gasteiger partial charge in [-0.05, 0) is 47.9 Å². The molecular formula is C20H17ClFNO2S. The highest BCUT2D eigenvalue weighted by Crippen LogP contribution is 2.40. The lowest BCUT2D eigenvalue weighted by Gasteiger charge is -2.17. The number of carbonyl (C=O) groups is 2. The topological polar surface area (TPSA) is 37.4 Å². The Balaban J connectivity index is 2.04. The normalized spacial score (nSPS) is 14.7. The van der Waals surface area contributed by atoms with Crippen LogP contribution >= 0.6 is 23.4 Å². The van der Waals surface area contributed by atoms with Gasteiger partial charge in [0.15, 0.2) is 0 Å². The maximum absolute atomic E-state index is 13.3. The monoisotopic (exact) mass is 389 g/mol. The number of imide groups is 1. The molecule has 0 unspecified atom stereocenters. The number of amides is 2. The van der Waals surface area contributed by atoms with Gasteiger partial charge >= 0.3 is 0 Å². The van der Waals surface area contributed by atoms with Crippen molar-refractivity contribution in [1.82, 2.24) is 4.90 Å². The molecule has 0 radical (unpaired) electrons. The molecule has 2 aromatic rings. The quantitative estimate of drug-likeness (QED) is 0.675. The molecule has 6 heteroatoms. The minimum atomic E-state index is -0.392. The Labute approximate surface area is 160 Å². The molecule has 26 heavy (non-hydrogen) atoms. The third kappa shape index (κ3) is 3.84. The van der Waals surface area contributed by atoms with Crippen LogP contribution in [0.5, 0.6) is 0 Å². The molecule has 0 fully saturated rings. The summed E-state index contributed by atoms with van der Waals surface area (Å²) in [7, 11) is 0. The standard InChI is InChI=1S/C20H17ClFNO2S/c1-12(2)11-23-19(24)17(13-3-7-15(22)8-4-13)18(20(23)25)26-16-9-5-14(21)6-10-16/h3-10,12H,11H2,1-2H3. The van der Waals surface area contributed by atoms with Gasteiger partial charge in [-0.3, -0.25) is 14.5 Å². The number of hydrogen-bond donors (Lipinski definition) is 0. The Morgan fingerprint density at radius 2 is 1.62 bits per heavy atom. The van der Waals surface area contributed by atoms with Crippen LogP contribution in [0, 0.1) is 11.7 Å². The summed E-state index contributed by atoms with van der Waals surface area (Å²) in [5.41, 5.74) is 0.850. The summed E-state index contributed by atoms with van der Waals surface area (Å²) in [5.74, 6) is -0.899. The van der Waals surface area contributed by atoms with Gasteiger partial charge in [-0.2, -0.15) is 0 Å². The van der Waals surface area contributed by atoms with E-state index in [9.17, 15) is 14.0 Å². The largest absolute Gasteiger partial charge is 0.274 e. The molecular weight excluding hydrogens is 373 g/mol. The van der Waals surface area contributed by atoms with Crippen LogP contribution in [0.25, 0.3) is 5.57 Å². The lowest BCUT2D eigenvalue weighted by Crippen LogP contribution is -2.34. The van der Waals surface area contributed by atoms with Gasteiger partial charge in [0.1, 0.15) is 5.82 Å². The zero-order chi connectivity index (χ0) is 18.8. The molecule has 2 aromatic carbocycles. The van der Waals surface area contributed by atoms with Gasteiger partial charge in [0, 0.05) is 16.5 Å². The zero-order valence-electron chi connectivity index (χ0n) is 14.3. The minimum absolute atomic E-state index is 0.150. The van der Waals surface area contributed by atoms with Crippen LogP contribution < -0.4 is 0 Å². The van der Waals surface area contributed by atoms with Gasteiger partial charge in [-0.25, -0.2) is 4.39 Å². The van der Waals surface area contributed by atoms with Gasteiger partial charge in [0.2, 0.25) is 0 Å². The van der Waals surface area contributed by atoms with Gasteiger partial charge in [-0.1, -0.05) is 49.3 Å². The van der Waals surface area contributed by atoms with Gasteiger partial charge in [0.25, 0.3) is 11.8 Å². The lowest BCUT2D eigenvalue weighted by atomic mass is 10.1. The fraction of sp³-hybridized carbons (Fsp3) is 0.200. The average molecular weight is 390 g/mol. The third-order valence-electron chi connectivity index (χ3n) is 3.84. The second-order valence-electron chi connectivity index (χ2n) is 6.38. The first-order valence-electron chi connectivity index (χ1n) is 8.16. The Bertz CT molecular complexity index is 876. The maximum Gasteiger partial charge on any atom is 0.268 e. The van der Waals surface area contributed by atoms with Gasteiger partial charge in [-0.15, -0.1) is 0 Å². The molecule has 0 aromatic heterocycles. The highest BCUT2D eigenvalue weighted by atomic mass is 35.5. The summed E-state index contributed by atoms with van der Waals surface area (Å²) in [6, 6.07) is 12.7. The summed E-state index contributed by atoms with van der Waals surface area (Å²) in [6.45, 7) is 4.23. The summed E-state index contributed by atoms with van der Waals surface area (Å²) in [4.78, 5) is 28.2. The summed E-state index contributed by atoms with van der Waals surface area (Å²) >= 11 is 7.14. The van der Waals surface area contributed by atoms with Crippen LogP contribution in [0.3, 0.4) is 0 Å². The second kappa shape index (κ2) is 7.64. The zero-order valence-corrected chi connectivity index (χ0v) is 15.9. The number of carbonyl (C=O) groups excluding carboxylic acids is 2. The maximum atomic E-state index is 13.3. The van der Waals surface area contributed by atoms with E-state index in [0.717, 1.165) is 4.90 Å². The minimum Gasteiger partial charge on any atom is -0.274 e. The Hall–Kier alpha value is -2.11. The number of hydrogen-bond acceptors (Lipinski definition) is 3. The van der Waals surface area contributed by atoms with Crippen LogP contribution in [0.4, 0.5) is 4.39 Å². The number of rotatable bonds is 5. The summed E-state index contributed by atoms with van der Waals surface area (Å²) < 4.78 is 13.3. The smallest absolute Gasteiger partial charge is 0.268 e. The van der Waals surface area contributed by atoms with Crippen molar-refractivity contribution in [3.8, 4) is 0 Å². The molecule has 3 rings (SSSR count).